The van der Waals surface area contributed by atoms with Gasteiger partial charge < -0.3 is 13.7 Å². The molecule has 0 saturated carbocycles. The van der Waals surface area contributed by atoms with Gasteiger partial charge >= 0.3 is 17.2 Å². The summed E-state index contributed by atoms with van der Waals surface area (Å²) in [6.07, 6.45) is 14.8. The number of carbonyl (C=O) groups excluding carboxylic acids is 1. The van der Waals surface area contributed by atoms with Crippen molar-refractivity contribution in [3.05, 3.63) is 53.6 Å². The molecule has 0 heterocycles. The van der Waals surface area contributed by atoms with E-state index >= 15 is 0 Å². The third-order valence-electron chi connectivity index (χ3n) is 6.69. The topological polar surface area (TPSA) is 73.9 Å². The van der Waals surface area contributed by atoms with Crippen molar-refractivity contribution < 1.29 is 22.7 Å². The SMILES string of the molecule is CCCCCCCCC(CCCCCC)COC(=O)c1ccc(OS(=O)Nc2cc(C)ccc2OC)cc1. The lowest BCUT2D eigenvalue weighted by atomic mass is 9.95. The highest BCUT2D eigenvalue weighted by atomic mass is 32.2. The van der Waals surface area contributed by atoms with E-state index in [1.54, 1.807) is 37.4 Å². The highest BCUT2D eigenvalue weighted by Crippen LogP contribution is 2.26. The number of esters is 1. The number of unbranched alkanes of at least 4 members (excludes halogenated alkanes) is 8. The van der Waals surface area contributed by atoms with E-state index in [2.05, 4.69) is 18.6 Å². The summed E-state index contributed by atoms with van der Waals surface area (Å²) in [7, 11) is 1.56. The second-order valence-corrected chi connectivity index (χ2v) is 10.9. The summed E-state index contributed by atoms with van der Waals surface area (Å²) < 4.78 is 31.8. The number of rotatable bonds is 20. The summed E-state index contributed by atoms with van der Waals surface area (Å²) in [5.41, 5.74) is 2.04. The zero-order valence-corrected chi connectivity index (χ0v) is 24.6. The Hall–Kier alpha value is -2.54. The molecule has 6 nitrogen and oxygen atoms in total. The summed E-state index contributed by atoms with van der Waals surface area (Å²) in [4.78, 5) is 12.7. The largest absolute Gasteiger partial charge is 0.495 e. The average molecular weight is 546 g/mol. The van der Waals surface area contributed by atoms with Crippen molar-refractivity contribution in [3.8, 4) is 11.5 Å². The fourth-order valence-electron chi connectivity index (χ4n) is 4.41. The van der Waals surface area contributed by atoms with Gasteiger partial charge in [-0.1, -0.05) is 84.1 Å². The standard InChI is InChI=1S/C31H47NO5S/c1-5-7-9-11-12-14-16-26(15-13-10-8-6-2)24-36-31(33)27-18-20-28(21-19-27)37-38(34)32-29-23-25(3)17-22-30(29)35-4/h17-23,26,32H,5-16,24H2,1-4H3. The van der Waals surface area contributed by atoms with Crippen LogP contribution in [0.4, 0.5) is 5.69 Å². The van der Waals surface area contributed by atoms with Gasteiger partial charge in [0, 0.05) is 0 Å². The van der Waals surface area contributed by atoms with Gasteiger partial charge in [0.05, 0.1) is 25.0 Å². The molecular formula is C31H47NO5S. The lowest BCUT2D eigenvalue weighted by Crippen LogP contribution is -2.15. The molecule has 0 radical (unpaired) electrons. The summed E-state index contributed by atoms with van der Waals surface area (Å²) in [6.45, 7) is 6.87. The number of aryl methyl sites for hydroxylation is 1. The maximum atomic E-state index is 12.7. The first-order valence-corrected chi connectivity index (χ1v) is 15.3. The van der Waals surface area contributed by atoms with E-state index in [0.717, 1.165) is 18.4 Å². The van der Waals surface area contributed by atoms with Crippen LogP contribution in [0.1, 0.15) is 107 Å². The van der Waals surface area contributed by atoms with Crippen molar-refractivity contribution in [1.82, 2.24) is 0 Å². The molecule has 0 aliphatic rings. The van der Waals surface area contributed by atoms with Gasteiger partial charge in [-0.3, -0.25) is 4.72 Å². The van der Waals surface area contributed by atoms with E-state index in [4.69, 9.17) is 13.7 Å². The second kappa shape index (κ2) is 18.7. The molecule has 7 heteroatoms. The molecule has 0 bridgehead atoms. The molecule has 2 aromatic rings. The molecule has 2 aromatic carbocycles. The van der Waals surface area contributed by atoms with E-state index in [1.807, 2.05) is 19.1 Å². The van der Waals surface area contributed by atoms with Gasteiger partial charge in [0.2, 0.25) is 0 Å². The minimum Gasteiger partial charge on any atom is -0.495 e. The van der Waals surface area contributed by atoms with E-state index < -0.39 is 11.3 Å². The molecule has 0 spiro atoms. The van der Waals surface area contributed by atoms with Gasteiger partial charge in [-0.05, 0) is 67.6 Å². The van der Waals surface area contributed by atoms with Crippen LogP contribution in [0.15, 0.2) is 42.5 Å². The van der Waals surface area contributed by atoms with Crippen LogP contribution < -0.4 is 13.6 Å². The van der Waals surface area contributed by atoms with E-state index in [-0.39, 0.29) is 5.97 Å². The Morgan fingerprint density at radius 2 is 1.47 bits per heavy atom. The maximum absolute atomic E-state index is 12.7. The van der Waals surface area contributed by atoms with E-state index in [0.29, 0.717) is 35.3 Å². The van der Waals surface area contributed by atoms with Crippen molar-refractivity contribution in [3.63, 3.8) is 0 Å². The number of hydrogen-bond donors (Lipinski definition) is 1. The first kappa shape index (κ1) is 31.7. The summed E-state index contributed by atoms with van der Waals surface area (Å²) in [5, 5.41) is 0. The molecule has 2 unspecified atom stereocenters. The predicted molar refractivity (Wildman–Crippen MR) is 157 cm³/mol. The molecule has 212 valence electrons. The number of ether oxygens (including phenoxy) is 2. The number of hydrogen-bond acceptors (Lipinski definition) is 5. The molecular weight excluding hydrogens is 498 g/mol. The molecule has 1 N–H and O–H groups in total. The molecule has 2 rings (SSSR count). The van der Waals surface area contributed by atoms with Crippen LogP contribution in [0, 0.1) is 12.8 Å². The fraction of sp³-hybridized carbons (Fsp3) is 0.581. The number of benzene rings is 2. The minimum absolute atomic E-state index is 0.332. The average Bonchev–Trinajstić information content (AvgIpc) is 2.91. The molecule has 38 heavy (non-hydrogen) atoms. The number of anilines is 1. The van der Waals surface area contributed by atoms with Crippen LogP contribution in [-0.2, 0) is 16.0 Å². The van der Waals surface area contributed by atoms with Crippen molar-refractivity contribution >= 4 is 22.9 Å². The smallest absolute Gasteiger partial charge is 0.338 e. The fourth-order valence-corrected chi connectivity index (χ4v) is 5.07. The first-order chi connectivity index (χ1) is 18.5. The van der Waals surface area contributed by atoms with E-state index in [1.165, 1.54) is 64.2 Å². The Morgan fingerprint density at radius 3 is 2.11 bits per heavy atom. The molecule has 0 amide bonds. The van der Waals surface area contributed by atoms with Crippen LogP contribution in [0.3, 0.4) is 0 Å². The van der Waals surface area contributed by atoms with Crippen molar-refractivity contribution in [1.29, 1.82) is 0 Å². The minimum atomic E-state index is -1.83. The molecule has 0 fully saturated rings. The van der Waals surface area contributed by atoms with Gasteiger partial charge in [0.15, 0.2) is 0 Å². The summed E-state index contributed by atoms with van der Waals surface area (Å²) >= 11 is -1.83. The Kier molecular flexibility index (Phi) is 15.6. The van der Waals surface area contributed by atoms with E-state index in [9.17, 15) is 9.00 Å². The maximum Gasteiger partial charge on any atom is 0.338 e. The van der Waals surface area contributed by atoms with Crippen molar-refractivity contribution in [2.24, 2.45) is 5.92 Å². The first-order valence-electron chi connectivity index (χ1n) is 14.2. The lowest BCUT2D eigenvalue weighted by Gasteiger charge is -2.17. The molecule has 2 atom stereocenters. The summed E-state index contributed by atoms with van der Waals surface area (Å²) in [5.74, 6) is 1.04. The highest BCUT2D eigenvalue weighted by Gasteiger charge is 2.15. The lowest BCUT2D eigenvalue weighted by molar-refractivity contribution is 0.0422. The van der Waals surface area contributed by atoms with Crippen LogP contribution in [-0.4, -0.2) is 23.9 Å². The quantitative estimate of drug-likeness (QED) is 0.133. The zero-order valence-electron chi connectivity index (χ0n) is 23.8. The highest BCUT2D eigenvalue weighted by molar-refractivity contribution is 7.82. The monoisotopic (exact) mass is 545 g/mol. The summed E-state index contributed by atoms with van der Waals surface area (Å²) in [6, 6.07) is 12.1. The van der Waals surface area contributed by atoms with Gasteiger partial charge in [-0.15, -0.1) is 0 Å². The van der Waals surface area contributed by atoms with Gasteiger partial charge in [0.25, 0.3) is 0 Å². The predicted octanol–water partition coefficient (Wildman–Crippen LogP) is 8.57. The Labute approximate surface area is 232 Å². The third-order valence-corrected chi connectivity index (χ3v) is 7.42. The van der Waals surface area contributed by atoms with Crippen molar-refractivity contribution in [2.75, 3.05) is 18.4 Å². The Morgan fingerprint density at radius 1 is 0.868 bits per heavy atom. The normalized spacial score (nSPS) is 12.5. The van der Waals surface area contributed by atoms with Crippen LogP contribution in [0.5, 0.6) is 11.5 Å². The number of methoxy groups -OCH3 is 1. The van der Waals surface area contributed by atoms with Crippen molar-refractivity contribution in [2.45, 2.75) is 97.8 Å². The third kappa shape index (κ3) is 12.3. The zero-order chi connectivity index (χ0) is 27.6. The van der Waals surface area contributed by atoms with Crippen LogP contribution in [0.2, 0.25) is 0 Å². The van der Waals surface area contributed by atoms with Crippen LogP contribution >= 0.6 is 0 Å². The molecule has 0 aromatic heterocycles. The second-order valence-electron chi connectivity index (χ2n) is 10.0. The van der Waals surface area contributed by atoms with Crippen LogP contribution in [0.25, 0.3) is 0 Å². The van der Waals surface area contributed by atoms with Gasteiger partial charge in [-0.2, -0.15) is 4.21 Å². The number of carbonyl (C=O) groups is 1. The molecule has 0 aliphatic heterocycles. The molecule has 0 aliphatic carbocycles. The number of nitrogens with one attached hydrogen (secondary N) is 1. The Balaban J connectivity index is 1.84. The van der Waals surface area contributed by atoms with Gasteiger partial charge in [-0.25, -0.2) is 4.79 Å². The van der Waals surface area contributed by atoms with Gasteiger partial charge in [0.1, 0.15) is 11.5 Å². The molecule has 0 saturated heterocycles. The Bertz CT molecular complexity index is 963.